The Morgan fingerprint density at radius 1 is 1.11 bits per heavy atom. The summed E-state index contributed by atoms with van der Waals surface area (Å²) in [4.78, 5) is 12.2. The van der Waals surface area contributed by atoms with E-state index in [1.807, 2.05) is 38.1 Å². The van der Waals surface area contributed by atoms with Crippen LogP contribution in [0, 0.1) is 12.7 Å². The largest absolute Gasteiger partial charge is 0.350 e. The summed E-state index contributed by atoms with van der Waals surface area (Å²) in [6.45, 7) is 4.06. The number of sulfonamides is 1. The van der Waals surface area contributed by atoms with Crippen molar-refractivity contribution in [2.75, 3.05) is 17.1 Å². The predicted octanol–water partition coefficient (Wildman–Crippen LogP) is 3.56. The summed E-state index contributed by atoms with van der Waals surface area (Å²) in [5, 5.41) is 2.92. The highest BCUT2D eigenvalue weighted by molar-refractivity contribution is 7.92. The molecule has 0 aliphatic carbocycles. The lowest BCUT2D eigenvalue weighted by Crippen LogP contribution is -2.32. The van der Waals surface area contributed by atoms with Gasteiger partial charge in [0.1, 0.15) is 5.82 Å². The Morgan fingerprint density at radius 3 is 2.26 bits per heavy atom. The minimum Gasteiger partial charge on any atom is -0.350 e. The fourth-order valence-corrected chi connectivity index (χ4v) is 3.69. The Labute approximate surface area is 160 Å². The maximum Gasteiger partial charge on any atom is 0.232 e. The highest BCUT2D eigenvalue weighted by atomic mass is 32.2. The molecule has 27 heavy (non-hydrogen) atoms. The number of nitrogens with one attached hydrogen (secondary N) is 1. The number of carbonyl (C=O) groups excluding carboxylic acids is 1. The van der Waals surface area contributed by atoms with E-state index in [9.17, 15) is 17.6 Å². The normalized spacial score (nSPS) is 12.4. The SMILES string of the molecule is Cc1ccc([C@H](C)NC(=O)CCCN(c2ccc(F)cc2)S(C)(=O)=O)cc1. The first-order valence-corrected chi connectivity index (χ1v) is 10.6. The van der Waals surface area contributed by atoms with E-state index in [1.165, 1.54) is 28.6 Å². The molecule has 2 rings (SSSR count). The van der Waals surface area contributed by atoms with E-state index >= 15 is 0 Å². The molecule has 0 heterocycles. The van der Waals surface area contributed by atoms with Crippen molar-refractivity contribution in [2.24, 2.45) is 0 Å². The van der Waals surface area contributed by atoms with E-state index in [1.54, 1.807) is 0 Å². The molecule has 0 aliphatic heterocycles. The summed E-state index contributed by atoms with van der Waals surface area (Å²) in [7, 11) is -3.52. The molecule has 0 spiro atoms. The maximum absolute atomic E-state index is 13.1. The standard InChI is InChI=1S/C20H25FN2O3S/c1-15-6-8-17(9-7-15)16(2)22-20(24)5-4-14-23(27(3,25)26)19-12-10-18(21)11-13-19/h6-13,16H,4-5,14H2,1-3H3,(H,22,24)/t16-/m0/s1. The van der Waals surface area contributed by atoms with Crippen LogP contribution in [0.15, 0.2) is 48.5 Å². The van der Waals surface area contributed by atoms with Crippen LogP contribution in [0.1, 0.15) is 36.9 Å². The summed E-state index contributed by atoms with van der Waals surface area (Å²) in [6.07, 6.45) is 1.65. The van der Waals surface area contributed by atoms with Gasteiger partial charge in [-0.25, -0.2) is 12.8 Å². The van der Waals surface area contributed by atoms with Gasteiger partial charge in [0, 0.05) is 13.0 Å². The molecule has 0 bridgehead atoms. The van der Waals surface area contributed by atoms with Gasteiger partial charge in [0.15, 0.2) is 0 Å². The molecule has 146 valence electrons. The number of benzene rings is 2. The van der Waals surface area contributed by atoms with Gasteiger partial charge in [0.05, 0.1) is 18.0 Å². The number of nitrogens with zero attached hydrogens (tertiary/aromatic N) is 1. The molecule has 0 fully saturated rings. The molecule has 1 N–H and O–H groups in total. The van der Waals surface area contributed by atoms with Gasteiger partial charge in [-0.15, -0.1) is 0 Å². The summed E-state index contributed by atoms with van der Waals surface area (Å²) < 4.78 is 38.3. The number of hydrogen-bond donors (Lipinski definition) is 1. The average Bonchev–Trinajstić information content (AvgIpc) is 2.59. The molecule has 1 atom stereocenters. The van der Waals surface area contributed by atoms with Gasteiger partial charge in [-0.2, -0.15) is 0 Å². The number of anilines is 1. The highest BCUT2D eigenvalue weighted by Crippen LogP contribution is 2.19. The molecule has 0 saturated heterocycles. The second-order valence-electron chi connectivity index (χ2n) is 6.61. The van der Waals surface area contributed by atoms with Gasteiger partial charge in [0.2, 0.25) is 15.9 Å². The van der Waals surface area contributed by atoms with Gasteiger partial charge in [-0.05, 0) is 50.1 Å². The van der Waals surface area contributed by atoms with Gasteiger partial charge < -0.3 is 5.32 Å². The second kappa shape index (κ2) is 8.99. The third-order valence-corrected chi connectivity index (χ3v) is 5.43. The van der Waals surface area contributed by atoms with Crippen molar-refractivity contribution in [3.8, 4) is 0 Å². The Hall–Kier alpha value is -2.41. The Kier molecular flexibility index (Phi) is 6.96. The third kappa shape index (κ3) is 6.36. The van der Waals surface area contributed by atoms with Crippen molar-refractivity contribution in [3.63, 3.8) is 0 Å². The molecule has 0 unspecified atom stereocenters. The number of rotatable bonds is 8. The van der Waals surface area contributed by atoms with Gasteiger partial charge >= 0.3 is 0 Å². The second-order valence-corrected chi connectivity index (χ2v) is 8.52. The molecule has 0 aromatic heterocycles. The van der Waals surface area contributed by atoms with Crippen LogP contribution in [0.25, 0.3) is 0 Å². The zero-order chi connectivity index (χ0) is 20.0. The summed E-state index contributed by atoms with van der Waals surface area (Å²) in [5.41, 5.74) is 2.55. The molecular weight excluding hydrogens is 367 g/mol. The first-order chi connectivity index (χ1) is 12.7. The molecule has 5 nitrogen and oxygen atoms in total. The molecule has 2 aromatic rings. The number of hydrogen-bond acceptors (Lipinski definition) is 3. The molecule has 0 radical (unpaired) electrons. The molecule has 0 aliphatic rings. The Bertz CT molecular complexity index is 865. The van der Waals surface area contributed by atoms with Crippen LogP contribution in [0.5, 0.6) is 0 Å². The maximum atomic E-state index is 13.1. The van der Waals surface area contributed by atoms with Crippen molar-refractivity contribution in [2.45, 2.75) is 32.7 Å². The minimum absolute atomic E-state index is 0.124. The summed E-state index contributed by atoms with van der Waals surface area (Å²) >= 11 is 0. The molecular formula is C20H25FN2O3S. The first kappa shape index (κ1) is 20.9. The van der Waals surface area contributed by atoms with Crippen molar-refractivity contribution < 1.29 is 17.6 Å². The van der Waals surface area contributed by atoms with Gasteiger partial charge in [0.25, 0.3) is 0 Å². The molecule has 0 saturated carbocycles. The van der Waals surface area contributed by atoms with E-state index < -0.39 is 15.8 Å². The van der Waals surface area contributed by atoms with Crippen molar-refractivity contribution >= 4 is 21.6 Å². The number of amides is 1. The lowest BCUT2D eigenvalue weighted by atomic mass is 10.1. The lowest BCUT2D eigenvalue weighted by molar-refractivity contribution is -0.121. The quantitative estimate of drug-likeness (QED) is 0.747. The van der Waals surface area contributed by atoms with Crippen molar-refractivity contribution in [1.82, 2.24) is 5.32 Å². The van der Waals surface area contributed by atoms with Crippen LogP contribution in [0.3, 0.4) is 0 Å². The fourth-order valence-electron chi connectivity index (χ4n) is 2.73. The Balaban J connectivity index is 1.91. The van der Waals surface area contributed by atoms with Crippen LogP contribution < -0.4 is 9.62 Å². The topological polar surface area (TPSA) is 66.5 Å². The number of aryl methyl sites for hydroxylation is 1. The monoisotopic (exact) mass is 392 g/mol. The van der Waals surface area contributed by atoms with Crippen molar-refractivity contribution in [1.29, 1.82) is 0 Å². The van der Waals surface area contributed by atoms with Crippen LogP contribution in [-0.2, 0) is 14.8 Å². The first-order valence-electron chi connectivity index (χ1n) is 8.76. The Morgan fingerprint density at radius 2 is 1.70 bits per heavy atom. The van der Waals surface area contributed by atoms with E-state index in [0.29, 0.717) is 12.1 Å². The molecule has 2 aromatic carbocycles. The third-order valence-electron chi connectivity index (χ3n) is 4.23. The van der Waals surface area contributed by atoms with Gasteiger partial charge in [-0.3, -0.25) is 9.10 Å². The van der Waals surface area contributed by atoms with E-state index in [-0.39, 0.29) is 24.9 Å². The minimum atomic E-state index is -3.52. The fraction of sp³-hybridized carbons (Fsp3) is 0.350. The molecule has 1 amide bonds. The summed E-state index contributed by atoms with van der Waals surface area (Å²) in [6, 6.07) is 13.1. The predicted molar refractivity (Wildman–Crippen MR) is 106 cm³/mol. The average molecular weight is 392 g/mol. The van der Waals surface area contributed by atoms with E-state index in [4.69, 9.17) is 0 Å². The molecule has 7 heteroatoms. The van der Waals surface area contributed by atoms with Crippen LogP contribution in [0.4, 0.5) is 10.1 Å². The van der Waals surface area contributed by atoms with E-state index in [0.717, 1.165) is 17.4 Å². The number of halogens is 1. The van der Waals surface area contributed by atoms with E-state index in [2.05, 4.69) is 5.32 Å². The zero-order valence-electron chi connectivity index (χ0n) is 15.8. The lowest BCUT2D eigenvalue weighted by Gasteiger charge is -2.22. The summed E-state index contributed by atoms with van der Waals surface area (Å²) in [5.74, 6) is -0.577. The van der Waals surface area contributed by atoms with Crippen LogP contribution in [-0.4, -0.2) is 27.1 Å². The smallest absolute Gasteiger partial charge is 0.232 e. The van der Waals surface area contributed by atoms with Crippen LogP contribution in [0.2, 0.25) is 0 Å². The highest BCUT2D eigenvalue weighted by Gasteiger charge is 2.18. The van der Waals surface area contributed by atoms with Crippen molar-refractivity contribution in [3.05, 3.63) is 65.5 Å². The van der Waals surface area contributed by atoms with Crippen LogP contribution >= 0.6 is 0 Å². The zero-order valence-corrected chi connectivity index (χ0v) is 16.6. The number of carbonyl (C=O) groups is 1. The van der Waals surface area contributed by atoms with Gasteiger partial charge in [-0.1, -0.05) is 29.8 Å².